The van der Waals surface area contributed by atoms with Crippen LogP contribution in [-0.4, -0.2) is 18.2 Å². The molecule has 0 aliphatic heterocycles. The van der Waals surface area contributed by atoms with Crippen molar-refractivity contribution >= 4 is 16.9 Å². The third-order valence-electron chi connectivity index (χ3n) is 4.22. The van der Waals surface area contributed by atoms with E-state index in [0.717, 1.165) is 12.1 Å². The minimum atomic E-state index is -1.56. The van der Waals surface area contributed by atoms with E-state index in [-0.39, 0.29) is 22.6 Å². The normalized spacial score (nSPS) is 10.9. The number of rotatable bonds is 4. The fourth-order valence-electron chi connectivity index (χ4n) is 2.80. The molecule has 0 saturated carbocycles. The van der Waals surface area contributed by atoms with Crippen molar-refractivity contribution < 1.29 is 32.0 Å². The van der Waals surface area contributed by atoms with Gasteiger partial charge in [0.15, 0.2) is 23.0 Å². The highest BCUT2D eigenvalue weighted by Gasteiger charge is 2.18. The number of ether oxygens (including phenoxy) is 2. The number of fused-ring (bicyclic) bond motifs is 1. The van der Waals surface area contributed by atoms with E-state index >= 15 is 0 Å². The average molecular weight is 399 g/mol. The molecule has 0 bridgehead atoms. The van der Waals surface area contributed by atoms with Gasteiger partial charge in [-0.15, -0.1) is 0 Å². The molecule has 1 aromatic heterocycles. The van der Waals surface area contributed by atoms with Crippen molar-refractivity contribution in [2.45, 2.75) is 0 Å². The molecule has 1 heterocycles. The first kappa shape index (κ1) is 18.5. The third kappa shape index (κ3) is 3.52. The fourth-order valence-corrected chi connectivity index (χ4v) is 2.80. The Kier molecular flexibility index (Phi) is 4.67. The highest BCUT2D eigenvalue weighted by atomic mass is 19.2. The van der Waals surface area contributed by atoms with Gasteiger partial charge in [-0.3, -0.25) is 0 Å². The molecule has 4 aromatic rings. The number of nitrogens with zero attached hydrogens (tertiary/aromatic N) is 1. The summed E-state index contributed by atoms with van der Waals surface area (Å²) in [5.74, 6) is -4.14. The molecular formula is C21H12F3NO4. The van der Waals surface area contributed by atoms with Crippen LogP contribution in [0.3, 0.4) is 0 Å². The number of hydrogen-bond donors (Lipinski definition) is 0. The van der Waals surface area contributed by atoms with Crippen LogP contribution < -0.4 is 9.47 Å². The number of carbonyl (C=O) groups is 1. The molecule has 0 saturated heterocycles. The predicted molar refractivity (Wildman–Crippen MR) is 97.3 cm³/mol. The number of hydrogen-bond acceptors (Lipinski definition) is 5. The minimum absolute atomic E-state index is 0.0151. The lowest BCUT2D eigenvalue weighted by atomic mass is 10.1. The SMILES string of the molecule is COc1cccc(C(=O)Oc2ccc3c(-c4cc(F)c(F)c(F)c4)noc3c2)c1. The van der Waals surface area contributed by atoms with E-state index in [9.17, 15) is 18.0 Å². The number of halogens is 3. The summed E-state index contributed by atoms with van der Waals surface area (Å²) in [4.78, 5) is 12.3. The van der Waals surface area contributed by atoms with E-state index in [1.54, 1.807) is 18.2 Å². The van der Waals surface area contributed by atoms with Crippen LogP contribution in [0.25, 0.3) is 22.2 Å². The van der Waals surface area contributed by atoms with Crippen molar-refractivity contribution in [3.8, 4) is 22.8 Å². The molecule has 3 aromatic carbocycles. The van der Waals surface area contributed by atoms with E-state index in [0.29, 0.717) is 16.7 Å². The van der Waals surface area contributed by atoms with Crippen LogP contribution in [0.5, 0.6) is 11.5 Å². The lowest BCUT2D eigenvalue weighted by Gasteiger charge is -2.06. The molecule has 0 aliphatic rings. The highest BCUT2D eigenvalue weighted by Crippen LogP contribution is 2.32. The molecule has 4 rings (SSSR count). The predicted octanol–water partition coefficient (Wildman–Crippen LogP) is 5.14. The van der Waals surface area contributed by atoms with E-state index < -0.39 is 23.4 Å². The van der Waals surface area contributed by atoms with Crippen molar-refractivity contribution in [3.63, 3.8) is 0 Å². The van der Waals surface area contributed by atoms with Crippen molar-refractivity contribution in [3.05, 3.63) is 77.6 Å². The maximum Gasteiger partial charge on any atom is 0.343 e. The van der Waals surface area contributed by atoms with Crippen molar-refractivity contribution in [1.82, 2.24) is 5.16 Å². The van der Waals surface area contributed by atoms with E-state index in [2.05, 4.69) is 5.16 Å². The molecule has 0 N–H and O–H groups in total. The maximum absolute atomic E-state index is 13.5. The smallest absolute Gasteiger partial charge is 0.343 e. The first-order valence-corrected chi connectivity index (χ1v) is 8.37. The zero-order valence-electron chi connectivity index (χ0n) is 14.9. The Labute approximate surface area is 162 Å². The van der Waals surface area contributed by atoms with Gasteiger partial charge in [-0.1, -0.05) is 11.2 Å². The molecular weight excluding hydrogens is 387 g/mol. The summed E-state index contributed by atoms with van der Waals surface area (Å²) in [6, 6.07) is 12.5. The quantitative estimate of drug-likeness (QED) is 0.270. The van der Waals surface area contributed by atoms with Gasteiger partial charge in [0.2, 0.25) is 0 Å². The topological polar surface area (TPSA) is 61.6 Å². The Balaban J connectivity index is 1.64. The first-order valence-electron chi connectivity index (χ1n) is 8.37. The van der Waals surface area contributed by atoms with Crippen molar-refractivity contribution in [2.24, 2.45) is 0 Å². The fraction of sp³-hybridized carbons (Fsp3) is 0.0476. The Morgan fingerprint density at radius 2 is 1.72 bits per heavy atom. The van der Waals surface area contributed by atoms with Crippen LogP contribution >= 0.6 is 0 Å². The van der Waals surface area contributed by atoms with E-state index in [4.69, 9.17) is 14.0 Å². The largest absolute Gasteiger partial charge is 0.497 e. The van der Waals surface area contributed by atoms with Gasteiger partial charge in [0.25, 0.3) is 0 Å². The van der Waals surface area contributed by atoms with Gasteiger partial charge >= 0.3 is 5.97 Å². The maximum atomic E-state index is 13.5. The van der Waals surface area contributed by atoms with Gasteiger partial charge in [-0.2, -0.15) is 0 Å². The highest BCUT2D eigenvalue weighted by molar-refractivity contribution is 5.94. The number of carbonyl (C=O) groups excluding carboxylic acids is 1. The Bertz CT molecular complexity index is 1210. The summed E-state index contributed by atoms with van der Waals surface area (Å²) in [6.07, 6.45) is 0. The summed E-state index contributed by atoms with van der Waals surface area (Å²) in [6.45, 7) is 0. The second-order valence-electron chi connectivity index (χ2n) is 6.06. The lowest BCUT2D eigenvalue weighted by molar-refractivity contribution is 0.0734. The molecule has 0 aliphatic carbocycles. The van der Waals surface area contributed by atoms with Gasteiger partial charge in [-0.25, -0.2) is 18.0 Å². The van der Waals surface area contributed by atoms with Gasteiger partial charge in [0.1, 0.15) is 17.2 Å². The second kappa shape index (κ2) is 7.31. The van der Waals surface area contributed by atoms with Gasteiger partial charge < -0.3 is 14.0 Å². The van der Waals surface area contributed by atoms with Gasteiger partial charge in [-0.05, 0) is 42.5 Å². The van der Waals surface area contributed by atoms with Crippen LogP contribution in [0.15, 0.2) is 59.1 Å². The second-order valence-corrected chi connectivity index (χ2v) is 6.06. The van der Waals surface area contributed by atoms with Crippen molar-refractivity contribution in [1.29, 1.82) is 0 Å². The van der Waals surface area contributed by atoms with E-state index in [1.165, 1.54) is 31.4 Å². The third-order valence-corrected chi connectivity index (χ3v) is 4.22. The number of aromatic nitrogens is 1. The van der Waals surface area contributed by atoms with Crippen LogP contribution in [0.2, 0.25) is 0 Å². The molecule has 0 unspecified atom stereocenters. The summed E-state index contributed by atoms with van der Waals surface area (Å²) >= 11 is 0. The zero-order valence-corrected chi connectivity index (χ0v) is 14.9. The molecule has 0 spiro atoms. The number of benzene rings is 3. The zero-order chi connectivity index (χ0) is 20.5. The minimum Gasteiger partial charge on any atom is -0.497 e. The molecule has 146 valence electrons. The van der Waals surface area contributed by atoms with Crippen LogP contribution in [0.4, 0.5) is 13.2 Å². The summed E-state index contributed by atoms with van der Waals surface area (Å²) in [7, 11) is 1.48. The van der Waals surface area contributed by atoms with Crippen molar-refractivity contribution in [2.75, 3.05) is 7.11 Å². The number of esters is 1. The monoisotopic (exact) mass is 399 g/mol. The molecule has 0 radical (unpaired) electrons. The molecule has 8 heteroatoms. The van der Waals surface area contributed by atoms with Gasteiger partial charge in [0, 0.05) is 17.0 Å². The van der Waals surface area contributed by atoms with Crippen LogP contribution in [-0.2, 0) is 0 Å². The Morgan fingerprint density at radius 1 is 0.966 bits per heavy atom. The first-order chi connectivity index (χ1) is 14.0. The number of methoxy groups -OCH3 is 1. The molecule has 0 fully saturated rings. The standard InChI is InChI=1S/C21H12F3NO4/c1-27-13-4-2-3-11(7-13)21(26)28-14-5-6-15-18(10-14)29-25-20(15)12-8-16(22)19(24)17(23)9-12/h2-10H,1H3. The van der Waals surface area contributed by atoms with Crippen LogP contribution in [0, 0.1) is 17.5 Å². The summed E-state index contributed by atoms with van der Waals surface area (Å²) in [5, 5.41) is 4.20. The molecule has 5 nitrogen and oxygen atoms in total. The summed E-state index contributed by atoms with van der Waals surface area (Å²) in [5.41, 5.74) is 0.658. The summed E-state index contributed by atoms with van der Waals surface area (Å²) < 4.78 is 55.8. The van der Waals surface area contributed by atoms with Crippen LogP contribution in [0.1, 0.15) is 10.4 Å². The van der Waals surface area contributed by atoms with Gasteiger partial charge in [0.05, 0.1) is 12.7 Å². The Morgan fingerprint density at radius 3 is 2.45 bits per heavy atom. The molecule has 0 atom stereocenters. The van der Waals surface area contributed by atoms with E-state index in [1.807, 2.05) is 0 Å². The molecule has 0 amide bonds. The lowest BCUT2D eigenvalue weighted by Crippen LogP contribution is -2.08. The molecule has 29 heavy (non-hydrogen) atoms. The Hall–Kier alpha value is -3.81. The average Bonchev–Trinajstić information content (AvgIpc) is 3.15.